The highest BCUT2D eigenvalue weighted by molar-refractivity contribution is 5.81. The summed E-state index contributed by atoms with van der Waals surface area (Å²) in [5.74, 6) is 0.577. The van der Waals surface area contributed by atoms with E-state index in [-0.39, 0.29) is 11.9 Å². The van der Waals surface area contributed by atoms with Crippen molar-refractivity contribution in [1.82, 2.24) is 9.80 Å². The second-order valence-corrected chi connectivity index (χ2v) is 5.15. The Hall–Kier alpha value is -0.870. The molecule has 1 atom stereocenters. The lowest BCUT2D eigenvalue weighted by Crippen LogP contribution is -2.53. The molecule has 1 aliphatic heterocycles. The van der Waals surface area contributed by atoms with E-state index >= 15 is 0 Å². The third-order valence-electron chi connectivity index (χ3n) is 3.11. The summed E-state index contributed by atoms with van der Waals surface area (Å²) in [5, 5.41) is 0. The number of nitrogens with two attached hydrogens (primary N) is 1. The maximum atomic E-state index is 12.1. The molecule has 0 radical (unpaired) electrons. The number of hydrogen-bond acceptors (Lipinski definition) is 3. The molecule has 0 aromatic carbocycles. The smallest absolute Gasteiger partial charge is 0.239 e. The standard InChI is InChI=1S/C13H25N3O/c1-4-5-15-6-8-16(9-7-15)13(17)12(14)10-11(2)3/h4,11-12H,1,5-10,14H2,2-3H3/t12-/m0/s1. The fourth-order valence-electron chi connectivity index (χ4n) is 2.18. The van der Waals surface area contributed by atoms with Crippen LogP contribution in [-0.2, 0) is 4.79 Å². The first-order chi connectivity index (χ1) is 8.04. The van der Waals surface area contributed by atoms with Gasteiger partial charge in [-0.05, 0) is 12.3 Å². The van der Waals surface area contributed by atoms with Gasteiger partial charge in [0.05, 0.1) is 6.04 Å². The maximum absolute atomic E-state index is 12.1. The Labute approximate surface area is 104 Å². The zero-order chi connectivity index (χ0) is 12.8. The fourth-order valence-corrected chi connectivity index (χ4v) is 2.18. The molecule has 1 saturated heterocycles. The number of piperazine rings is 1. The Morgan fingerprint density at radius 2 is 1.94 bits per heavy atom. The number of hydrogen-bond donors (Lipinski definition) is 1. The monoisotopic (exact) mass is 239 g/mol. The molecule has 0 bridgehead atoms. The molecule has 1 rings (SSSR count). The van der Waals surface area contributed by atoms with E-state index in [0.717, 1.165) is 39.1 Å². The van der Waals surface area contributed by atoms with Gasteiger partial charge in [0.2, 0.25) is 5.91 Å². The van der Waals surface area contributed by atoms with E-state index in [4.69, 9.17) is 5.73 Å². The average Bonchev–Trinajstić information content (AvgIpc) is 2.28. The fraction of sp³-hybridized carbons (Fsp3) is 0.769. The lowest BCUT2D eigenvalue weighted by atomic mass is 10.0. The van der Waals surface area contributed by atoms with Crippen LogP contribution in [0.3, 0.4) is 0 Å². The van der Waals surface area contributed by atoms with E-state index in [1.54, 1.807) is 0 Å². The summed E-state index contributed by atoms with van der Waals surface area (Å²) in [7, 11) is 0. The van der Waals surface area contributed by atoms with Gasteiger partial charge in [0, 0.05) is 32.7 Å². The molecular formula is C13H25N3O. The molecule has 0 unspecified atom stereocenters. The second kappa shape index (κ2) is 6.77. The molecule has 1 heterocycles. The van der Waals surface area contributed by atoms with Gasteiger partial charge in [0.15, 0.2) is 0 Å². The van der Waals surface area contributed by atoms with Gasteiger partial charge in [-0.15, -0.1) is 6.58 Å². The third-order valence-corrected chi connectivity index (χ3v) is 3.11. The summed E-state index contributed by atoms with van der Waals surface area (Å²) < 4.78 is 0. The Balaban J connectivity index is 2.37. The first-order valence-corrected chi connectivity index (χ1v) is 6.42. The number of carbonyl (C=O) groups excluding carboxylic acids is 1. The lowest BCUT2D eigenvalue weighted by Gasteiger charge is -2.35. The van der Waals surface area contributed by atoms with Gasteiger partial charge >= 0.3 is 0 Å². The molecule has 1 fully saturated rings. The van der Waals surface area contributed by atoms with Gasteiger partial charge < -0.3 is 10.6 Å². The van der Waals surface area contributed by atoms with Crippen LogP contribution < -0.4 is 5.73 Å². The van der Waals surface area contributed by atoms with Crippen molar-refractivity contribution >= 4 is 5.91 Å². The van der Waals surface area contributed by atoms with Gasteiger partial charge in [-0.1, -0.05) is 19.9 Å². The van der Waals surface area contributed by atoms with Crippen molar-refractivity contribution in [3.8, 4) is 0 Å². The second-order valence-electron chi connectivity index (χ2n) is 5.15. The van der Waals surface area contributed by atoms with Crippen molar-refractivity contribution < 1.29 is 4.79 Å². The van der Waals surface area contributed by atoms with E-state index in [9.17, 15) is 4.79 Å². The van der Waals surface area contributed by atoms with Crippen molar-refractivity contribution in [2.24, 2.45) is 11.7 Å². The summed E-state index contributed by atoms with van der Waals surface area (Å²) in [6.07, 6.45) is 2.67. The normalized spacial score (nSPS) is 19.4. The van der Waals surface area contributed by atoms with E-state index in [2.05, 4.69) is 25.3 Å². The van der Waals surface area contributed by atoms with Crippen molar-refractivity contribution in [2.45, 2.75) is 26.3 Å². The molecule has 1 aliphatic rings. The van der Waals surface area contributed by atoms with Crippen LogP contribution in [-0.4, -0.2) is 54.5 Å². The Bertz CT molecular complexity index is 257. The predicted molar refractivity (Wildman–Crippen MR) is 70.6 cm³/mol. The van der Waals surface area contributed by atoms with Crippen LogP contribution in [0.2, 0.25) is 0 Å². The Morgan fingerprint density at radius 1 is 1.35 bits per heavy atom. The van der Waals surface area contributed by atoms with Crippen LogP contribution in [0, 0.1) is 5.92 Å². The van der Waals surface area contributed by atoms with Crippen LogP contribution in [0.15, 0.2) is 12.7 Å². The number of carbonyl (C=O) groups is 1. The van der Waals surface area contributed by atoms with Crippen molar-refractivity contribution in [1.29, 1.82) is 0 Å². The quantitative estimate of drug-likeness (QED) is 0.718. The molecule has 4 nitrogen and oxygen atoms in total. The lowest BCUT2D eigenvalue weighted by molar-refractivity contribution is -0.134. The molecule has 2 N–H and O–H groups in total. The van der Waals surface area contributed by atoms with Crippen molar-refractivity contribution in [3.05, 3.63) is 12.7 Å². The Kier molecular flexibility index (Phi) is 5.65. The maximum Gasteiger partial charge on any atom is 0.239 e. The summed E-state index contributed by atoms with van der Waals surface area (Å²) in [4.78, 5) is 16.3. The minimum absolute atomic E-state index is 0.108. The molecule has 0 aromatic heterocycles. The van der Waals surface area contributed by atoms with Gasteiger partial charge in [0.1, 0.15) is 0 Å². The highest BCUT2D eigenvalue weighted by atomic mass is 16.2. The van der Waals surface area contributed by atoms with Crippen LogP contribution in [0.5, 0.6) is 0 Å². The average molecular weight is 239 g/mol. The number of amides is 1. The highest BCUT2D eigenvalue weighted by Crippen LogP contribution is 2.08. The molecule has 0 saturated carbocycles. The van der Waals surface area contributed by atoms with Crippen LogP contribution in [0.1, 0.15) is 20.3 Å². The molecule has 0 spiro atoms. The van der Waals surface area contributed by atoms with E-state index in [1.165, 1.54) is 0 Å². The van der Waals surface area contributed by atoms with E-state index < -0.39 is 0 Å². The van der Waals surface area contributed by atoms with Gasteiger partial charge in [-0.3, -0.25) is 9.69 Å². The van der Waals surface area contributed by atoms with Gasteiger partial charge in [-0.25, -0.2) is 0 Å². The topological polar surface area (TPSA) is 49.6 Å². The summed E-state index contributed by atoms with van der Waals surface area (Å²) in [5.41, 5.74) is 5.92. The van der Waals surface area contributed by atoms with Gasteiger partial charge in [0.25, 0.3) is 0 Å². The van der Waals surface area contributed by atoms with E-state index in [0.29, 0.717) is 5.92 Å². The first kappa shape index (κ1) is 14.2. The van der Waals surface area contributed by atoms with Crippen LogP contribution in [0.25, 0.3) is 0 Å². The van der Waals surface area contributed by atoms with Crippen molar-refractivity contribution in [2.75, 3.05) is 32.7 Å². The first-order valence-electron chi connectivity index (χ1n) is 6.42. The van der Waals surface area contributed by atoms with Crippen LogP contribution in [0.4, 0.5) is 0 Å². The summed E-state index contributed by atoms with van der Waals surface area (Å²) >= 11 is 0. The third kappa shape index (κ3) is 4.48. The number of nitrogens with zero attached hydrogens (tertiary/aromatic N) is 2. The summed E-state index contributed by atoms with van der Waals surface area (Å²) in [6.45, 7) is 12.2. The largest absolute Gasteiger partial charge is 0.339 e. The highest BCUT2D eigenvalue weighted by Gasteiger charge is 2.24. The van der Waals surface area contributed by atoms with E-state index in [1.807, 2.05) is 11.0 Å². The molecule has 0 aliphatic carbocycles. The molecule has 17 heavy (non-hydrogen) atoms. The molecule has 0 aromatic rings. The molecule has 98 valence electrons. The van der Waals surface area contributed by atoms with Gasteiger partial charge in [-0.2, -0.15) is 0 Å². The SMILES string of the molecule is C=CCN1CCN(C(=O)[C@@H](N)CC(C)C)CC1. The molecular weight excluding hydrogens is 214 g/mol. The van der Waals surface area contributed by atoms with Crippen molar-refractivity contribution in [3.63, 3.8) is 0 Å². The number of rotatable bonds is 5. The molecule has 4 heteroatoms. The summed E-state index contributed by atoms with van der Waals surface area (Å²) in [6, 6.07) is -0.332. The minimum atomic E-state index is -0.332. The zero-order valence-electron chi connectivity index (χ0n) is 11.1. The van der Waals surface area contributed by atoms with Crippen LogP contribution >= 0.6 is 0 Å². The molecule has 1 amide bonds. The predicted octanol–water partition coefficient (Wildman–Crippen LogP) is 0.690. The zero-order valence-corrected chi connectivity index (χ0v) is 11.1. The minimum Gasteiger partial charge on any atom is -0.339 e. The Morgan fingerprint density at radius 3 is 2.41 bits per heavy atom.